The average molecular weight is 130 g/mol. The van der Waals surface area contributed by atoms with Crippen molar-refractivity contribution in [3.05, 3.63) is 0 Å². The Balaban J connectivity index is 2.10. The van der Waals surface area contributed by atoms with Gasteiger partial charge in [-0.2, -0.15) is 0 Å². The molecule has 0 amide bonds. The summed E-state index contributed by atoms with van der Waals surface area (Å²) in [7, 11) is 0. The fourth-order valence-corrected chi connectivity index (χ4v) is 1.96. The summed E-state index contributed by atoms with van der Waals surface area (Å²) in [5.41, 5.74) is 6.03. The normalized spacial score (nSPS) is 54.0. The summed E-state index contributed by atoms with van der Waals surface area (Å²) < 4.78 is 2.01. The SMILES string of the molecule is NC12CC1CN(S)C2. The lowest BCUT2D eigenvalue weighted by Gasteiger charge is -2.09. The van der Waals surface area contributed by atoms with Crippen LogP contribution in [0.25, 0.3) is 0 Å². The monoisotopic (exact) mass is 130 g/mol. The molecule has 0 aromatic rings. The van der Waals surface area contributed by atoms with E-state index in [1.807, 2.05) is 4.31 Å². The third-order valence-corrected chi connectivity index (χ3v) is 2.49. The zero-order chi connectivity index (χ0) is 5.78. The zero-order valence-corrected chi connectivity index (χ0v) is 5.56. The molecule has 0 spiro atoms. The van der Waals surface area contributed by atoms with E-state index >= 15 is 0 Å². The van der Waals surface area contributed by atoms with Gasteiger partial charge in [0, 0.05) is 18.6 Å². The van der Waals surface area contributed by atoms with Gasteiger partial charge >= 0.3 is 0 Å². The van der Waals surface area contributed by atoms with Gasteiger partial charge in [0.15, 0.2) is 0 Å². The van der Waals surface area contributed by atoms with Crippen molar-refractivity contribution in [2.75, 3.05) is 13.1 Å². The second kappa shape index (κ2) is 1.23. The first-order valence-corrected chi connectivity index (χ1v) is 3.33. The molecule has 2 nitrogen and oxygen atoms in total. The second-order valence-electron chi connectivity index (χ2n) is 2.98. The Hall–Kier alpha value is 0.270. The smallest absolute Gasteiger partial charge is 0.0338 e. The van der Waals surface area contributed by atoms with Gasteiger partial charge in [-0.05, 0) is 12.3 Å². The van der Waals surface area contributed by atoms with E-state index < -0.39 is 0 Å². The van der Waals surface area contributed by atoms with Crippen molar-refractivity contribution in [2.24, 2.45) is 11.7 Å². The van der Waals surface area contributed by atoms with Crippen LogP contribution in [0.4, 0.5) is 0 Å². The zero-order valence-electron chi connectivity index (χ0n) is 4.67. The largest absolute Gasteiger partial charge is 0.324 e. The van der Waals surface area contributed by atoms with Gasteiger partial charge in [-0.1, -0.05) is 12.8 Å². The van der Waals surface area contributed by atoms with E-state index in [0.717, 1.165) is 19.0 Å². The van der Waals surface area contributed by atoms with Gasteiger partial charge in [0.05, 0.1) is 0 Å². The maximum absolute atomic E-state index is 5.85. The molecule has 0 radical (unpaired) electrons. The molecular weight excluding hydrogens is 120 g/mol. The van der Waals surface area contributed by atoms with E-state index in [1.165, 1.54) is 6.42 Å². The lowest BCUT2D eigenvalue weighted by Crippen LogP contribution is -2.29. The molecule has 1 saturated carbocycles. The predicted octanol–water partition coefficient (Wildman–Crippen LogP) is -0.136. The molecule has 1 heterocycles. The highest BCUT2D eigenvalue weighted by Gasteiger charge is 2.56. The van der Waals surface area contributed by atoms with Crippen LogP contribution in [-0.4, -0.2) is 22.9 Å². The fraction of sp³-hybridized carbons (Fsp3) is 1.00. The lowest BCUT2D eigenvalue weighted by atomic mass is 10.3. The Bertz CT molecular complexity index is 128. The third-order valence-electron chi connectivity index (χ3n) is 2.19. The molecule has 2 atom stereocenters. The third kappa shape index (κ3) is 0.522. The lowest BCUT2D eigenvalue weighted by molar-refractivity contribution is 0.505. The first-order chi connectivity index (χ1) is 3.71. The van der Waals surface area contributed by atoms with Crippen molar-refractivity contribution in [3.63, 3.8) is 0 Å². The number of fused-ring (bicyclic) bond motifs is 1. The summed E-state index contributed by atoms with van der Waals surface area (Å²) in [5.74, 6) is 0.764. The molecule has 3 heteroatoms. The maximum Gasteiger partial charge on any atom is 0.0338 e. The summed E-state index contributed by atoms with van der Waals surface area (Å²) in [5, 5.41) is 0. The highest BCUT2D eigenvalue weighted by Crippen LogP contribution is 2.47. The molecule has 2 aliphatic rings. The Morgan fingerprint density at radius 2 is 2.50 bits per heavy atom. The number of thiol groups is 1. The van der Waals surface area contributed by atoms with Crippen LogP contribution in [0.2, 0.25) is 0 Å². The Kier molecular flexibility index (Phi) is 0.779. The van der Waals surface area contributed by atoms with Crippen LogP contribution in [0.1, 0.15) is 6.42 Å². The molecule has 2 unspecified atom stereocenters. The van der Waals surface area contributed by atoms with Crippen LogP contribution in [0.15, 0.2) is 0 Å². The van der Waals surface area contributed by atoms with E-state index in [-0.39, 0.29) is 5.54 Å². The summed E-state index contributed by atoms with van der Waals surface area (Å²) in [4.78, 5) is 0. The number of hydrogen-bond donors (Lipinski definition) is 2. The Morgan fingerprint density at radius 1 is 1.75 bits per heavy atom. The van der Waals surface area contributed by atoms with Crippen molar-refractivity contribution in [2.45, 2.75) is 12.0 Å². The molecule has 1 aliphatic heterocycles. The molecule has 2 fully saturated rings. The quantitative estimate of drug-likeness (QED) is 0.447. The van der Waals surface area contributed by atoms with Crippen LogP contribution in [-0.2, 0) is 0 Å². The highest BCUT2D eigenvalue weighted by molar-refractivity contribution is 7.77. The summed E-state index contributed by atoms with van der Waals surface area (Å²) >= 11 is 4.19. The maximum atomic E-state index is 5.85. The number of piperidine rings is 1. The van der Waals surface area contributed by atoms with Gasteiger partial charge in [-0.15, -0.1) is 0 Å². The van der Waals surface area contributed by atoms with E-state index in [9.17, 15) is 0 Å². The van der Waals surface area contributed by atoms with Gasteiger partial charge in [-0.25, -0.2) is 0 Å². The molecule has 0 aromatic heterocycles. The van der Waals surface area contributed by atoms with Crippen LogP contribution < -0.4 is 5.73 Å². The topological polar surface area (TPSA) is 29.3 Å². The van der Waals surface area contributed by atoms with Crippen molar-refractivity contribution in [1.82, 2.24) is 4.31 Å². The van der Waals surface area contributed by atoms with Gasteiger partial charge in [0.25, 0.3) is 0 Å². The molecule has 0 bridgehead atoms. The minimum absolute atomic E-state index is 0.182. The van der Waals surface area contributed by atoms with Crippen LogP contribution in [0, 0.1) is 5.92 Å². The molecule has 2 rings (SSSR count). The Labute approximate surface area is 54.6 Å². The average Bonchev–Trinajstić information content (AvgIpc) is 2.07. The van der Waals surface area contributed by atoms with Gasteiger partial charge in [-0.3, -0.25) is 4.31 Å². The minimum Gasteiger partial charge on any atom is -0.324 e. The first-order valence-electron chi connectivity index (χ1n) is 2.93. The number of hydrogen-bond acceptors (Lipinski definition) is 3. The molecule has 1 aliphatic carbocycles. The van der Waals surface area contributed by atoms with E-state index in [4.69, 9.17) is 5.73 Å². The molecule has 1 saturated heterocycles. The van der Waals surface area contributed by atoms with Crippen molar-refractivity contribution in [1.29, 1.82) is 0 Å². The van der Waals surface area contributed by atoms with Crippen LogP contribution in [0.3, 0.4) is 0 Å². The number of rotatable bonds is 0. The summed E-state index contributed by atoms with van der Waals surface area (Å²) in [6.07, 6.45) is 1.23. The fourth-order valence-electron chi connectivity index (χ4n) is 1.50. The van der Waals surface area contributed by atoms with E-state index in [2.05, 4.69) is 12.8 Å². The van der Waals surface area contributed by atoms with Gasteiger partial charge < -0.3 is 5.73 Å². The van der Waals surface area contributed by atoms with Crippen molar-refractivity contribution >= 4 is 12.8 Å². The molecule has 46 valence electrons. The van der Waals surface area contributed by atoms with Crippen LogP contribution in [0.5, 0.6) is 0 Å². The molecule has 0 aromatic carbocycles. The summed E-state index contributed by atoms with van der Waals surface area (Å²) in [6.45, 7) is 2.08. The van der Waals surface area contributed by atoms with Crippen molar-refractivity contribution in [3.8, 4) is 0 Å². The second-order valence-corrected chi connectivity index (χ2v) is 3.55. The highest BCUT2D eigenvalue weighted by atomic mass is 32.1. The van der Waals surface area contributed by atoms with Gasteiger partial charge in [0.1, 0.15) is 0 Å². The van der Waals surface area contributed by atoms with Crippen molar-refractivity contribution < 1.29 is 0 Å². The molecular formula is C5H10N2S. The summed E-state index contributed by atoms with van der Waals surface area (Å²) in [6, 6.07) is 0. The number of nitrogens with zero attached hydrogens (tertiary/aromatic N) is 1. The standard InChI is InChI=1S/C5H10N2S/c6-5-1-4(5)2-7(8)3-5/h4,8H,1-3,6H2. The first kappa shape index (κ1) is 5.09. The minimum atomic E-state index is 0.182. The van der Waals surface area contributed by atoms with Crippen LogP contribution >= 0.6 is 12.8 Å². The number of nitrogens with two attached hydrogens (primary N) is 1. The molecule has 2 N–H and O–H groups in total. The van der Waals surface area contributed by atoms with E-state index in [1.54, 1.807) is 0 Å². The van der Waals surface area contributed by atoms with E-state index in [0.29, 0.717) is 0 Å². The molecule has 8 heavy (non-hydrogen) atoms. The van der Waals surface area contributed by atoms with Gasteiger partial charge in [0.2, 0.25) is 0 Å². The Morgan fingerprint density at radius 3 is 2.75 bits per heavy atom. The predicted molar refractivity (Wildman–Crippen MR) is 35.6 cm³/mol.